The average Bonchev–Trinajstić information content (AvgIpc) is 3.11. The number of rotatable bonds is 4. The lowest BCUT2D eigenvalue weighted by molar-refractivity contribution is 0.0950. The molecule has 4 heterocycles. The minimum atomic E-state index is -0.113. The fourth-order valence-electron chi connectivity index (χ4n) is 3.06. The Kier molecular flexibility index (Phi) is 4.53. The Morgan fingerprint density at radius 1 is 1.23 bits per heavy atom. The molecule has 1 aliphatic heterocycles. The molecule has 0 radical (unpaired) electrons. The van der Waals surface area contributed by atoms with Crippen molar-refractivity contribution in [3.05, 3.63) is 59.7 Å². The van der Waals surface area contributed by atoms with Gasteiger partial charge in [0.25, 0.3) is 5.91 Å². The van der Waals surface area contributed by atoms with Gasteiger partial charge in [-0.05, 0) is 31.2 Å². The topological polar surface area (TPSA) is 71.8 Å². The summed E-state index contributed by atoms with van der Waals surface area (Å²) in [7, 11) is 0. The summed E-state index contributed by atoms with van der Waals surface area (Å²) in [5.41, 5.74) is 3.32. The molecule has 26 heavy (non-hydrogen) atoms. The standard InChI is InChI=1S/C19H21N5O2/c1-14-10-16(22-19(21-14)23-6-8-26-9-7-23)12-20-18(25)15-11-17-4-2-3-5-24(17)13-15/h2-5,10-11,13H,6-9,12H2,1H3,(H,20,25). The number of morpholine rings is 1. The van der Waals surface area contributed by atoms with E-state index in [-0.39, 0.29) is 5.91 Å². The Balaban J connectivity index is 1.46. The van der Waals surface area contributed by atoms with Crippen molar-refractivity contribution in [2.75, 3.05) is 31.2 Å². The highest BCUT2D eigenvalue weighted by Crippen LogP contribution is 2.13. The summed E-state index contributed by atoms with van der Waals surface area (Å²) in [5, 5.41) is 2.95. The zero-order chi connectivity index (χ0) is 17.9. The van der Waals surface area contributed by atoms with Crippen LogP contribution >= 0.6 is 0 Å². The maximum Gasteiger partial charge on any atom is 0.253 e. The minimum absolute atomic E-state index is 0.113. The Morgan fingerprint density at radius 3 is 2.88 bits per heavy atom. The van der Waals surface area contributed by atoms with Gasteiger partial charge in [-0.2, -0.15) is 0 Å². The van der Waals surface area contributed by atoms with Crippen molar-refractivity contribution >= 4 is 17.4 Å². The minimum Gasteiger partial charge on any atom is -0.378 e. The van der Waals surface area contributed by atoms with Crippen LogP contribution in [-0.2, 0) is 11.3 Å². The maximum atomic E-state index is 12.5. The van der Waals surface area contributed by atoms with Gasteiger partial charge >= 0.3 is 0 Å². The van der Waals surface area contributed by atoms with E-state index >= 15 is 0 Å². The number of fused-ring (bicyclic) bond motifs is 1. The van der Waals surface area contributed by atoms with Crippen LogP contribution in [0, 0.1) is 6.92 Å². The molecule has 1 N–H and O–H groups in total. The number of aryl methyl sites for hydroxylation is 1. The summed E-state index contributed by atoms with van der Waals surface area (Å²) >= 11 is 0. The van der Waals surface area contributed by atoms with E-state index in [9.17, 15) is 4.79 Å². The van der Waals surface area contributed by atoms with E-state index in [1.807, 2.05) is 54.0 Å². The van der Waals surface area contributed by atoms with Gasteiger partial charge in [0.1, 0.15) is 0 Å². The summed E-state index contributed by atoms with van der Waals surface area (Å²) in [4.78, 5) is 23.7. The maximum absolute atomic E-state index is 12.5. The van der Waals surface area contributed by atoms with Crippen LogP contribution in [-0.4, -0.2) is 46.6 Å². The number of ether oxygens (including phenoxy) is 1. The molecule has 1 amide bonds. The first-order valence-electron chi connectivity index (χ1n) is 8.71. The van der Waals surface area contributed by atoms with Crippen LogP contribution in [0.4, 0.5) is 5.95 Å². The van der Waals surface area contributed by atoms with E-state index in [0.717, 1.165) is 30.0 Å². The number of nitrogens with zero attached hydrogens (tertiary/aromatic N) is 4. The highest BCUT2D eigenvalue weighted by molar-refractivity contribution is 5.95. The largest absolute Gasteiger partial charge is 0.378 e. The van der Waals surface area contributed by atoms with Crippen molar-refractivity contribution in [3.8, 4) is 0 Å². The Hall–Kier alpha value is -2.93. The van der Waals surface area contributed by atoms with Crippen LogP contribution in [0.25, 0.3) is 5.52 Å². The third-order valence-electron chi connectivity index (χ3n) is 4.39. The number of anilines is 1. The fraction of sp³-hybridized carbons (Fsp3) is 0.316. The molecule has 7 heteroatoms. The number of pyridine rings is 1. The van der Waals surface area contributed by atoms with Crippen molar-refractivity contribution in [2.24, 2.45) is 0 Å². The lowest BCUT2D eigenvalue weighted by Crippen LogP contribution is -2.37. The molecule has 0 aliphatic carbocycles. The molecule has 1 saturated heterocycles. The molecular weight excluding hydrogens is 330 g/mol. The second-order valence-corrected chi connectivity index (χ2v) is 6.34. The first-order valence-corrected chi connectivity index (χ1v) is 8.71. The van der Waals surface area contributed by atoms with Gasteiger partial charge in [0.15, 0.2) is 0 Å². The van der Waals surface area contributed by atoms with E-state index < -0.39 is 0 Å². The van der Waals surface area contributed by atoms with Crippen molar-refractivity contribution in [1.29, 1.82) is 0 Å². The molecule has 0 atom stereocenters. The predicted octanol–water partition coefficient (Wildman–Crippen LogP) is 1.80. The van der Waals surface area contributed by atoms with Gasteiger partial charge in [-0.15, -0.1) is 0 Å². The number of amides is 1. The highest BCUT2D eigenvalue weighted by Gasteiger charge is 2.15. The van der Waals surface area contributed by atoms with Crippen molar-refractivity contribution in [3.63, 3.8) is 0 Å². The molecule has 0 saturated carbocycles. The molecule has 3 aromatic rings. The summed E-state index contributed by atoms with van der Waals surface area (Å²) in [5.74, 6) is 0.588. The van der Waals surface area contributed by atoms with Crippen LogP contribution in [0.1, 0.15) is 21.7 Å². The molecule has 0 aromatic carbocycles. The lowest BCUT2D eigenvalue weighted by atomic mass is 10.3. The summed E-state index contributed by atoms with van der Waals surface area (Å²) in [6.07, 6.45) is 3.75. The average molecular weight is 351 g/mol. The number of carbonyl (C=O) groups is 1. The summed E-state index contributed by atoms with van der Waals surface area (Å²) < 4.78 is 7.31. The van der Waals surface area contributed by atoms with Gasteiger partial charge in [0.05, 0.1) is 31.0 Å². The van der Waals surface area contributed by atoms with Gasteiger partial charge in [-0.1, -0.05) is 6.07 Å². The van der Waals surface area contributed by atoms with Crippen LogP contribution in [0.3, 0.4) is 0 Å². The summed E-state index contributed by atoms with van der Waals surface area (Å²) in [6, 6.07) is 9.64. The number of hydrogen-bond acceptors (Lipinski definition) is 5. The van der Waals surface area contributed by atoms with Crippen LogP contribution in [0.5, 0.6) is 0 Å². The Bertz CT molecular complexity index is 898. The molecule has 0 unspecified atom stereocenters. The monoisotopic (exact) mass is 351 g/mol. The molecule has 1 fully saturated rings. The number of carbonyl (C=O) groups excluding carboxylic acids is 1. The van der Waals surface area contributed by atoms with Crippen LogP contribution < -0.4 is 10.2 Å². The molecule has 0 bridgehead atoms. The number of aromatic nitrogens is 3. The van der Waals surface area contributed by atoms with Gasteiger partial charge in [-0.3, -0.25) is 4.79 Å². The summed E-state index contributed by atoms with van der Waals surface area (Å²) in [6.45, 7) is 5.25. The Labute approximate surface area is 151 Å². The highest BCUT2D eigenvalue weighted by atomic mass is 16.5. The zero-order valence-corrected chi connectivity index (χ0v) is 14.7. The third-order valence-corrected chi connectivity index (χ3v) is 4.39. The molecule has 4 rings (SSSR count). The fourth-order valence-corrected chi connectivity index (χ4v) is 3.06. The van der Waals surface area contributed by atoms with Gasteiger partial charge in [0.2, 0.25) is 5.95 Å². The van der Waals surface area contributed by atoms with Crippen LogP contribution in [0.15, 0.2) is 42.7 Å². The van der Waals surface area contributed by atoms with Crippen molar-refractivity contribution in [2.45, 2.75) is 13.5 Å². The van der Waals surface area contributed by atoms with E-state index in [4.69, 9.17) is 4.74 Å². The van der Waals surface area contributed by atoms with E-state index in [1.54, 1.807) is 0 Å². The molecule has 1 aliphatic rings. The van der Waals surface area contributed by atoms with Gasteiger partial charge in [0, 0.05) is 36.7 Å². The SMILES string of the molecule is Cc1cc(CNC(=O)c2cc3ccccn3c2)nc(N2CCOCC2)n1. The van der Waals surface area contributed by atoms with Crippen molar-refractivity contribution in [1.82, 2.24) is 19.7 Å². The van der Waals surface area contributed by atoms with E-state index in [0.29, 0.717) is 31.3 Å². The second kappa shape index (κ2) is 7.13. The normalized spacial score (nSPS) is 14.6. The number of hydrogen-bond donors (Lipinski definition) is 1. The first kappa shape index (κ1) is 16.5. The molecular formula is C19H21N5O2. The molecule has 7 nitrogen and oxygen atoms in total. The Morgan fingerprint density at radius 2 is 2.08 bits per heavy atom. The molecule has 3 aromatic heterocycles. The van der Waals surface area contributed by atoms with E-state index in [2.05, 4.69) is 20.2 Å². The predicted molar refractivity (Wildman–Crippen MR) is 98.4 cm³/mol. The third kappa shape index (κ3) is 3.52. The number of nitrogens with one attached hydrogen (secondary N) is 1. The van der Waals surface area contributed by atoms with Crippen molar-refractivity contribution < 1.29 is 9.53 Å². The lowest BCUT2D eigenvalue weighted by Gasteiger charge is -2.27. The molecule has 0 spiro atoms. The second-order valence-electron chi connectivity index (χ2n) is 6.34. The van der Waals surface area contributed by atoms with E-state index in [1.165, 1.54) is 0 Å². The molecule has 134 valence electrons. The first-order chi connectivity index (χ1) is 12.7. The van der Waals surface area contributed by atoms with Gasteiger partial charge < -0.3 is 19.4 Å². The smallest absolute Gasteiger partial charge is 0.253 e. The quantitative estimate of drug-likeness (QED) is 0.776. The van der Waals surface area contributed by atoms with Gasteiger partial charge in [-0.25, -0.2) is 9.97 Å². The zero-order valence-electron chi connectivity index (χ0n) is 14.7. The van der Waals surface area contributed by atoms with Crippen LogP contribution in [0.2, 0.25) is 0 Å².